The van der Waals surface area contributed by atoms with Gasteiger partial charge in [0.1, 0.15) is 0 Å². The third-order valence-electron chi connectivity index (χ3n) is 3.71. The zero-order chi connectivity index (χ0) is 9.80. The van der Waals surface area contributed by atoms with Crippen LogP contribution >= 0.6 is 0 Å². The number of hydrogen-bond donors (Lipinski definition) is 2. The van der Waals surface area contributed by atoms with E-state index in [9.17, 15) is 0 Å². The Labute approximate surface area is 86.6 Å². The zero-order valence-electron chi connectivity index (χ0n) is 9.09. The van der Waals surface area contributed by atoms with Crippen molar-refractivity contribution in [1.29, 1.82) is 0 Å². The molecule has 3 heteroatoms. The first kappa shape index (κ1) is 10.4. The standard InChI is InChI=1S/C11H22N2O/c1-12-11(10-2-5-13-8-10)9-3-6-14-7-4-9/h9-13H,2-8H2,1H3. The Morgan fingerprint density at radius 2 is 2.00 bits per heavy atom. The Hall–Kier alpha value is -0.120. The zero-order valence-corrected chi connectivity index (χ0v) is 9.09. The molecule has 0 aliphatic carbocycles. The van der Waals surface area contributed by atoms with Gasteiger partial charge >= 0.3 is 0 Å². The summed E-state index contributed by atoms with van der Waals surface area (Å²) in [7, 11) is 2.11. The minimum atomic E-state index is 0.703. The van der Waals surface area contributed by atoms with Crippen molar-refractivity contribution in [2.45, 2.75) is 25.3 Å². The van der Waals surface area contributed by atoms with Crippen LogP contribution in [0.1, 0.15) is 19.3 Å². The third-order valence-corrected chi connectivity index (χ3v) is 3.71. The Morgan fingerprint density at radius 1 is 1.21 bits per heavy atom. The first-order chi connectivity index (χ1) is 6.92. The molecule has 2 atom stereocenters. The number of ether oxygens (including phenoxy) is 1. The van der Waals surface area contributed by atoms with Crippen LogP contribution in [0.25, 0.3) is 0 Å². The third kappa shape index (κ3) is 2.27. The number of rotatable bonds is 3. The normalized spacial score (nSPS) is 31.9. The molecule has 0 aromatic heterocycles. The van der Waals surface area contributed by atoms with Crippen LogP contribution < -0.4 is 10.6 Å². The summed E-state index contributed by atoms with van der Waals surface area (Å²) in [4.78, 5) is 0. The minimum absolute atomic E-state index is 0.703. The molecule has 0 aromatic carbocycles. The van der Waals surface area contributed by atoms with Crippen molar-refractivity contribution >= 4 is 0 Å². The minimum Gasteiger partial charge on any atom is -0.381 e. The van der Waals surface area contributed by atoms with Gasteiger partial charge in [0, 0.05) is 19.3 Å². The van der Waals surface area contributed by atoms with Crippen molar-refractivity contribution in [3.8, 4) is 0 Å². The molecular formula is C11H22N2O. The highest BCUT2D eigenvalue weighted by Gasteiger charge is 2.31. The molecule has 82 valence electrons. The maximum absolute atomic E-state index is 5.41. The largest absolute Gasteiger partial charge is 0.381 e. The van der Waals surface area contributed by atoms with Crippen molar-refractivity contribution in [3.63, 3.8) is 0 Å². The quantitative estimate of drug-likeness (QED) is 0.697. The van der Waals surface area contributed by atoms with Crippen LogP contribution in [0.3, 0.4) is 0 Å². The van der Waals surface area contributed by atoms with E-state index in [4.69, 9.17) is 4.74 Å². The first-order valence-electron chi connectivity index (χ1n) is 5.87. The summed E-state index contributed by atoms with van der Waals surface area (Å²) in [6.07, 6.45) is 3.81. The maximum Gasteiger partial charge on any atom is 0.0469 e. The maximum atomic E-state index is 5.41. The highest BCUT2D eigenvalue weighted by Crippen LogP contribution is 2.26. The molecule has 2 fully saturated rings. The van der Waals surface area contributed by atoms with E-state index in [-0.39, 0.29) is 0 Å². The second-order valence-corrected chi connectivity index (χ2v) is 4.52. The van der Waals surface area contributed by atoms with Gasteiger partial charge in [0.05, 0.1) is 0 Å². The van der Waals surface area contributed by atoms with Gasteiger partial charge in [-0.2, -0.15) is 0 Å². The van der Waals surface area contributed by atoms with E-state index in [1.807, 2.05) is 0 Å². The van der Waals surface area contributed by atoms with Crippen molar-refractivity contribution < 1.29 is 4.74 Å². The number of hydrogen-bond acceptors (Lipinski definition) is 3. The molecule has 2 N–H and O–H groups in total. The van der Waals surface area contributed by atoms with Crippen LogP contribution in [0.5, 0.6) is 0 Å². The van der Waals surface area contributed by atoms with Gasteiger partial charge in [-0.05, 0) is 51.2 Å². The summed E-state index contributed by atoms with van der Waals surface area (Å²) in [5.74, 6) is 1.67. The molecule has 0 spiro atoms. The molecule has 2 rings (SSSR count). The summed E-state index contributed by atoms with van der Waals surface area (Å²) in [6, 6.07) is 0.703. The lowest BCUT2D eigenvalue weighted by atomic mass is 9.83. The molecule has 0 radical (unpaired) electrons. The summed E-state index contributed by atoms with van der Waals surface area (Å²) in [6.45, 7) is 4.32. The van der Waals surface area contributed by atoms with Crippen molar-refractivity contribution in [3.05, 3.63) is 0 Å². The predicted octanol–water partition coefficient (Wildman–Crippen LogP) is 0.610. The second-order valence-electron chi connectivity index (χ2n) is 4.52. The molecule has 2 aliphatic heterocycles. The van der Waals surface area contributed by atoms with Crippen molar-refractivity contribution in [1.82, 2.24) is 10.6 Å². The van der Waals surface area contributed by atoms with Gasteiger partial charge < -0.3 is 15.4 Å². The van der Waals surface area contributed by atoms with Crippen LogP contribution in [-0.2, 0) is 4.74 Å². The van der Waals surface area contributed by atoms with Gasteiger partial charge in [-0.1, -0.05) is 0 Å². The Kier molecular flexibility index (Phi) is 3.79. The molecular weight excluding hydrogens is 176 g/mol. The summed E-state index contributed by atoms with van der Waals surface area (Å²) in [5.41, 5.74) is 0. The van der Waals surface area contributed by atoms with Gasteiger partial charge in [0.25, 0.3) is 0 Å². The van der Waals surface area contributed by atoms with Gasteiger partial charge in [-0.25, -0.2) is 0 Å². The van der Waals surface area contributed by atoms with Crippen LogP contribution in [0.4, 0.5) is 0 Å². The van der Waals surface area contributed by atoms with E-state index in [0.717, 1.165) is 25.0 Å². The van der Waals surface area contributed by atoms with Crippen molar-refractivity contribution in [2.24, 2.45) is 11.8 Å². The monoisotopic (exact) mass is 198 g/mol. The van der Waals surface area contributed by atoms with E-state index < -0.39 is 0 Å². The predicted molar refractivity (Wildman–Crippen MR) is 57.4 cm³/mol. The lowest BCUT2D eigenvalue weighted by Gasteiger charge is -2.33. The Bertz CT molecular complexity index is 163. The molecule has 14 heavy (non-hydrogen) atoms. The molecule has 0 amide bonds. The summed E-state index contributed by atoms with van der Waals surface area (Å²) < 4.78 is 5.41. The van der Waals surface area contributed by atoms with E-state index in [0.29, 0.717) is 6.04 Å². The van der Waals surface area contributed by atoms with Crippen LogP contribution in [0, 0.1) is 11.8 Å². The van der Waals surface area contributed by atoms with Gasteiger partial charge in [-0.3, -0.25) is 0 Å². The Morgan fingerprint density at radius 3 is 2.57 bits per heavy atom. The van der Waals surface area contributed by atoms with E-state index >= 15 is 0 Å². The topological polar surface area (TPSA) is 33.3 Å². The highest BCUT2D eigenvalue weighted by molar-refractivity contribution is 4.87. The SMILES string of the molecule is CNC(C1CCOCC1)C1CCNC1. The number of nitrogens with one attached hydrogen (secondary N) is 2. The molecule has 3 nitrogen and oxygen atoms in total. The smallest absolute Gasteiger partial charge is 0.0469 e. The van der Waals surface area contributed by atoms with Crippen LogP contribution in [-0.4, -0.2) is 39.4 Å². The molecule has 2 heterocycles. The van der Waals surface area contributed by atoms with E-state index in [1.165, 1.54) is 32.4 Å². The first-order valence-corrected chi connectivity index (χ1v) is 5.87. The average Bonchev–Trinajstić information content (AvgIpc) is 2.74. The summed E-state index contributed by atoms with van der Waals surface area (Å²) >= 11 is 0. The summed E-state index contributed by atoms with van der Waals surface area (Å²) in [5, 5.41) is 6.97. The fourth-order valence-electron chi connectivity index (χ4n) is 2.91. The highest BCUT2D eigenvalue weighted by atomic mass is 16.5. The molecule has 2 saturated heterocycles. The van der Waals surface area contributed by atoms with E-state index in [2.05, 4.69) is 17.7 Å². The lowest BCUT2D eigenvalue weighted by Crippen LogP contribution is -2.43. The van der Waals surface area contributed by atoms with Crippen molar-refractivity contribution in [2.75, 3.05) is 33.4 Å². The Balaban J connectivity index is 1.89. The van der Waals surface area contributed by atoms with Crippen LogP contribution in [0.15, 0.2) is 0 Å². The van der Waals surface area contributed by atoms with Gasteiger partial charge in [-0.15, -0.1) is 0 Å². The van der Waals surface area contributed by atoms with Gasteiger partial charge in [0.2, 0.25) is 0 Å². The van der Waals surface area contributed by atoms with Gasteiger partial charge in [0.15, 0.2) is 0 Å². The second kappa shape index (κ2) is 5.10. The fraction of sp³-hybridized carbons (Fsp3) is 1.00. The molecule has 0 aromatic rings. The van der Waals surface area contributed by atoms with Crippen LogP contribution in [0.2, 0.25) is 0 Å². The average molecular weight is 198 g/mol. The molecule has 0 bridgehead atoms. The molecule has 2 unspecified atom stereocenters. The van der Waals surface area contributed by atoms with E-state index in [1.54, 1.807) is 0 Å². The molecule has 2 aliphatic rings. The molecule has 0 saturated carbocycles. The fourth-order valence-corrected chi connectivity index (χ4v) is 2.91. The lowest BCUT2D eigenvalue weighted by molar-refractivity contribution is 0.0472.